The quantitative estimate of drug-likeness (QED) is 0.553. The first-order valence-corrected chi connectivity index (χ1v) is 8.21. The van der Waals surface area contributed by atoms with Crippen LogP contribution >= 0.6 is 23.2 Å². The van der Waals surface area contributed by atoms with Crippen LogP contribution in [-0.2, 0) is 16.1 Å². The van der Waals surface area contributed by atoms with Crippen molar-refractivity contribution in [1.82, 2.24) is 5.01 Å². The molecular formula is C17H19Cl2N3O2. The van der Waals surface area contributed by atoms with E-state index in [1.54, 1.807) is 23.2 Å². The van der Waals surface area contributed by atoms with Crippen LogP contribution in [0.1, 0.15) is 5.56 Å². The third-order valence-electron chi connectivity index (χ3n) is 3.19. The van der Waals surface area contributed by atoms with Gasteiger partial charge in [0.1, 0.15) is 13.2 Å². The predicted octanol–water partition coefficient (Wildman–Crippen LogP) is 3.32. The molecule has 2 aromatic carbocycles. The van der Waals surface area contributed by atoms with Crippen molar-refractivity contribution in [2.45, 2.75) is 6.61 Å². The average molecular weight is 368 g/mol. The number of carbonyl (C=O) groups is 1. The van der Waals surface area contributed by atoms with Crippen molar-refractivity contribution >= 4 is 34.9 Å². The van der Waals surface area contributed by atoms with Crippen LogP contribution in [0.3, 0.4) is 0 Å². The smallest absolute Gasteiger partial charge is 0.322 e. The van der Waals surface area contributed by atoms with Gasteiger partial charge in [0.05, 0.1) is 15.7 Å². The number of rotatable bonds is 8. The van der Waals surface area contributed by atoms with E-state index in [0.29, 0.717) is 28.8 Å². The Morgan fingerprint density at radius 1 is 1.08 bits per heavy atom. The number of esters is 1. The zero-order valence-electron chi connectivity index (χ0n) is 13.0. The second kappa shape index (κ2) is 9.49. The number of para-hydroxylation sites is 1. The standard InChI is InChI=1S/C17H19Cl2N3O2/c18-14-7-4-8-15(19)17(14)21-22(10-9-20)11-16(23)24-12-13-5-2-1-3-6-13/h1-8,21H,9-12,20H2. The number of nitrogens with zero attached hydrogens (tertiary/aromatic N) is 1. The van der Waals surface area contributed by atoms with Crippen LogP contribution in [0.5, 0.6) is 0 Å². The van der Waals surface area contributed by atoms with E-state index in [9.17, 15) is 4.79 Å². The Bertz CT molecular complexity index is 648. The molecule has 0 saturated carbocycles. The molecule has 0 aliphatic rings. The number of benzene rings is 2. The van der Waals surface area contributed by atoms with Crippen LogP contribution < -0.4 is 11.2 Å². The van der Waals surface area contributed by atoms with E-state index < -0.39 is 0 Å². The van der Waals surface area contributed by atoms with Gasteiger partial charge in [-0.15, -0.1) is 0 Å². The molecule has 0 unspecified atom stereocenters. The van der Waals surface area contributed by atoms with E-state index in [2.05, 4.69) is 5.43 Å². The molecule has 2 aromatic rings. The van der Waals surface area contributed by atoms with E-state index in [0.717, 1.165) is 5.56 Å². The van der Waals surface area contributed by atoms with Crippen molar-refractivity contribution in [2.75, 3.05) is 25.1 Å². The van der Waals surface area contributed by atoms with E-state index in [-0.39, 0.29) is 19.1 Å². The predicted molar refractivity (Wildman–Crippen MR) is 97.0 cm³/mol. The molecule has 0 radical (unpaired) electrons. The molecule has 7 heteroatoms. The second-order valence-corrected chi connectivity index (χ2v) is 5.88. The second-order valence-electron chi connectivity index (χ2n) is 5.06. The molecule has 0 aliphatic heterocycles. The minimum absolute atomic E-state index is 0.0194. The van der Waals surface area contributed by atoms with E-state index in [4.69, 9.17) is 33.7 Å². The molecular weight excluding hydrogens is 349 g/mol. The first-order valence-electron chi connectivity index (χ1n) is 7.45. The maximum absolute atomic E-state index is 12.1. The van der Waals surface area contributed by atoms with E-state index in [1.807, 2.05) is 30.3 Å². The van der Waals surface area contributed by atoms with Gasteiger partial charge in [0, 0.05) is 13.1 Å². The molecule has 2 rings (SSSR count). The molecule has 0 atom stereocenters. The topological polar surface area (TPSA) is 67.6 Å². The lowest BCUT2D eigenvalue weighted by molar-refractivity contribution is -0.145. The van der Waals surface area contributed by atoms with Gasteiger partial charge in [-0.2, -0.15) is 0 Å². The van der Waals surface area contributed by atoms with Crippen molar-refractivity contribution in [3.05, 3.63) is 64.1 Å². The van der Waals surface area contributed by atoms with Gasteiger partial charge in [-0.3, -0.25) is 4.79 Å². The Morgan fingerprint density at radius 3 is 2.38 bits per heavy atom. The fraction of sp³-hybridized carbons (Fsp3) is 0.235. The Labute approximate surface area is 151 Å². The van der Waals surface area contributed by atoms with Gasteiger partial charge in [-0.05, 0) is 17.7 Å². The number of nitrogens with two attached hydrogens (primary N) is 1. The molecule has 0 heterocycles. The summed E-state index contributed by atoms with van der Waals surface area (Å²) in [5.74, 6) is -0.372. The van der Waals surface area contributed by atoms with Gasteiger partial charge in [-0.1, -0.05) is 59.6 Å². The lowest BCUT2D eigenvalue weighted by Crippen LogP contribution is -2.39. The van der Waals surface area contributed by atoms with Crippen molar-refractivity contribution < 1.29 is 9.53 Å². The third-order valence-corrected chi connectivity index (χ3v) is 3.82. The molecule has 3 N–H and O–H groups in total. The lowest BCUT2D eigenvalue weighted by atomic mass is 10.2. The monoisotopic (exact) mass is 367 g/mol. The summed E-state index contributed by atoms with van der Waals surface area (Å²) in [5.41, 5.74) is 10.1. The normalized spacial score (nSPS) is 10.7. The number of hydrogen-bond acceptors (Lipinski definition) is 5. The van der Waals surface area contributed by atoms with Gasteiger partial charge in [0.2, 0.25) is 0 Å². The molecule has 0 aromatic heterocycles. The molecule has 128 valence electrons. The maximum atomic E-state index is 12.1. The Kier molecular flexibility index (Phi) is 7.34. The zero-order valence-corrected chi connectivity index (χ0v) is 14.6. The molecule has 0 saturated heterocycles. The van der Waals surface area contributed by atoms with E-state index >= 15 is 0 Å². The Morgan fingerprint density at radius 2 is 1.75 bits per heavy atom. The van der Waals surface area contributed by atoms with Crippen molar-refractivity contribution in [1.29, 1.82) is 0 Å². The number of hydrazine groups is 1. The van der Waals surface area contributed by atoms with Gasteiger partial charge in [0.25, 0.3) is 0 Å². The zero-order chi connectivity index (χ0) is 17.4. The van der Waals surface area contributed by atoms with Crippen LogP contribution in [0, 0.1) is 0 Å². The first kappa shape index (κ1) is 18.5. The average Bonchev–Trinajstić information content (AvgIpc) is 2.57. The van der Waals surface area contributed by atoms with Gasteiger partial charge >= 0.3 is 5.97 Å². The van der Waals surface area contributed by atoms with Crippen molar-refractivity contribution in [3.8, 4) is 0 Å². The van der Waals surface area contributed by atoms with Gasteiger partial charge < -0.3 is 15.9 Å². The summed E-state index contributed by atoms with van der Waals surface area (Å²) in [6.07, 6.45) is 0. The van der Waals surface area contributed by atoms with Crippen LogP contribution in [0.2, 0.25) is 10.0 Å². The summed E-state index contributed by atoms with van der Waals surface area (Å²) in [4.78, 5) is 12.1. The van der Waals surface area contributed by atoms with Crippen LogP contribution in [0.25, 0.3) is 0 Å². The van der Waals surface area contributed by atoms with Gasteiger partial charge in [-0.25, -0.2) is 5.01 Å². The highest BCUT2D eigenvalue weighted by Gasteiger charge is 2.14. The number of nitrogens with one attached hydrogen (secondary N) is 1. The molecule has 24 heavy (non-hydrogen) atoms. The number of ether oxygens (including phenoxy) is 1. The summed E-state index contributed by atoms with van der Waals surface area (Å²) in [7, 11) is 0. The lowest BCUT2D eigenvalue weighted by Gasteiger charge is -2.24. The molecule has 0 aliphatic carbocycles. The maximum Gasteiger partial charge on any atom is 0.322 e. The Hall–Kier alpha value is -1.79. The number of hydrogen-bond donors (Lipinski definition) is 2. The van der Waals surface area contributed by atoms with Crippen molar-refractivity contribution in [3.63, 3.8) is 0 Å². The summed E-state index contributed by atoms with van der Waals surface area (Å²) in [5, 5.41) is 2.55. The van der Waals surface area contributed by atoms with Crippen LogP contribution in [0.15, 0.2) is 48.5 Å². The molecule has 0 spiro atoms. The fourth-order valence-corrected chi connectivity index (χ4v) is 2.51. The van der Waals surface area contributed by atoms with Crippen LogP contribution in [-0.4, -0.2) is 30.6 Å². The largest absolute Gasteiger partial charge is 0.460 e. The fourth-order valence-electron chi connectivity index (χ4n) is 2.03. The molecule has 0 bridgehead atoms. The number of carbonyl (C=O) groups excluding carboxylic acids is 1. The summed E-state index contributed by atoms with van der Waals surface area (Å²) in [6, 6.07) is 14.7. The summed E-state index contributed by atoms with van der Waals surface area (Å²) >= 11 is 12.3. The SMILES string of the molecule is NCCN(CC(=O)OCc1ccccc1)Nc1c(Cl)cccc1Cl. The summed E-state index contributed by atoms with van der Waals surface area (Å²) in [6.45, 7) is 1.04. The highest BCUT2D eigenvalue weighted by molar-refractivity contribution is 6.39. The van der Waals surface area contributed by atoms with E-state index in [1.165, 1.54) is 0 Å². The molecule has 5 nitrogen and oxygen atoms in total. The highest BCUT2D eigenvalue weighted by Crippen LogP contribution is 2.30. The number of anilines is 1. The molecule has 0 fully saturated rings. The van der Waals surface area contributed by atoms with Gasteiger partial charge in [0.15, 0.2) is 0 Å². The molecule has 0 amide bonds. The Balaban J connectivity index is 1.94. The summed E-state index contributed by atoms with van der Waals surface area (Å²) < 4.78 is 5.28. The van der Waals surface area contributed by atoms with Crippen LogP contribution in [0.4, 0.5) is 5.69 Å². The minimum Gasteiger partial charge on any atom is -0.460 e. The highest BCUT2D eigenvalue weighted by atomic mass is 35.5. The third kappa shape index (κ3) is 5.69. The van der Waals surface area contributed by atoms with Crippen molar-refractivity contribution in [2.24, 2.45) is 5.73 Å². The first-order chi connectivity index (χ1) is 11.6. The minimum atomic E-state index is -0.372. The number of halogens is 2.